The van der Waals surface area contributed by atoms with Crippen molar-refractivity contribution in [2.75, 3.05) is 34.4 Å². The quantitative estimate of drug-likeness (QED) is 0.263. The molecule has 4 rings (SSSR count). The number of rotatable bonds is 9. The minimum atomic E-state index is 0.0785. The molecular formula is C20H18Cl2N10. The molecule has 12 heteroatoms. The average Bonchev–Trinajstić information content (AvgIpc) is 2.77. The van der Waals surface area contributed by atoms with E-state index in [1.54, 1.807) is 0 Å². The van der Waals surface area contributed by atoms with Crippen LogP contribution in [0.25, 0.3) is 0 Å². The first-order valence-corrected chi connectivity index (χ1v) is 10.3. The molecule has 10 nitrogen and oxygen atoms in total. The van der Waals surface area contributed by atoms with Crippen LogP contribution in [-0.2, 0) is 0 Å². The highest BCUT2D eigenvalue weighted by atomic mass is 35.5. The zero-order valence-corrected chi connectivity index (χ0v) is 18.1. The highest BCUT2D eigenvalue weighted by Crippen LogP contribution is 2.16. The zero-order valence-electron chi connectivity index (χ0n) is 16.6. The third kappa shape index (κ3) is 6.37. The van der Waals surface area contributed by atoms with E-state index in [2.05, 4.69) is 51.2 Å². The average molecular weight is 469 g/mol. The molecule has 0 spiro atoms. The predicted molar refractivity (Wildman–Crippen MR) is 126 cm³/mol. The van der Waals surface area contributed by atoms with Crippen molar-refractivity contribution in [1.29, 1.82) is 0 Å². The van der Waals surface area contributed by atoms with Crippen LogP contribution in [-0.4, -0.2) is 43.0 Å². The van der Waals surface area contributed by atoms with Crippen LogP contribution in [0.3, 0.4) is 0 Å². The fourth-order valence-corrected chi connectivity index (χ4v) is 2.94. The third-order valence-corrected chi connectivity index (χ3v) is 4.31. The number of hydrogen-bond donors (Lipinski definition) is 4. The van der Waals surface area contributed by atoms with Crippen LogP contribution >= 0.6 is 23.2 Å². The van der Waals surface area contributed by atoms with Crippen LogP contribution in [0.15, 0.2) is 60.7 Å². The summed E-state index contributed by atoms with van der Waals surface area (Å²) in [5, 5.41) is 12.5. The summed E-state index contributed by atoms with van der Waals surface area (Å²) in [6, 6.07) is 19.1. The fraction of sp³-hybridized carbons (Fsp3) is 0.100. The number of para-hydroxylation sites is 2. The summed E-state index contributed by atoms with van der Waals surface area (Å²) in [5.74, 6) is 1.36. The van der Waals surface area contributed by atoms with Gasteiger partial charge in [-0.05, 0) is 47.5 Å². The Morgan fingerprint density at radius 2 is 0.875 bits per heavy atom. The molecule has 0 atom stereocenters. The number of aromatic nitrogens is 6. The predicted octanol–water partition coefficient (Wildman–Crippen LogP) is 4.37. The Hall–Kier alpha value is -3.76. The molecule has 0 saturated heterocycles. The van der Waals surface area contributed by atoms with Gasteiger partial charge in [-0.3, -0.25) is 0 Å². The summed E-state index contributed by atoms with van der Waals surface area (Å²) >= 11 is 12.0. The molecule has 0 aliphatic carbocycles. The Bertz CT molecular complexity index is 1070. The van der Waals surface area contributed by atoms with Gasteiger partial charge in [0.25, 0.3) is 0 Å². The highest BCUT2D eigenvalue weighted by molar-refractivity contribution is 6.28. The number of nitrogens with zero attached hydrogens (tertiary/aromatic N) is 6. The van der Waals surface area contributed by atoms with Gasteiger partial charge in [0.2, 0.25) is 34.4 Å². The molecule has 0 aliphatic rings. The maximum Gasteiger partial charge on any atom is 0.233 e. The molecule has 0 saturated carbocycles. The molecule has 2 heterocycles. The number of hydrogen-bond acceptors (Lipinski definition) is 10. The molecule has 0 radical (unpaired) electrons. The topological polar surface area (TPSA) is 125 Å². The Kier molecular flexibility index (Phi) is 7.05. The van der Waals surface area contributed by atoms with Gasteiger partial charge in [0.15, 0.2) is 0 Å². The van der Waals surface area contributed by atoms with Gasteiger partial charge >= 0.3 is 0 Å². The standard InChI is InChI=1S/C20H18Cl2N10/c21-15-27-17(31-19(29-15)25-13-7-3-1-4-8-13)23-11-12-24-18-28-16(22)30-20(32-18)26-14-9-5-2-6-10-14/h1-10H,11-12H2,(H2,23,25,27,29,31)(H2,24,26,28,30,32). The van der Waals surface area contributed by atoms with Crippen molar-refractivity contribution in [2.24, 2.45) is 0 Å². The maximum atomic E-state index is 6.02. The normalized spacial score (nSPS) is 10.4. The second kappa shape index (κ2) is 10.5. The first-order valence-electron chi connectivity index (χ1n) is 9.59. The van der Waals surface area contributed by atoms with Crippen LogP contribution < -0.4 is 21.3 Å². The first-order chi connectivity index (χ1) is 15.6. The lowest BCUT2D eigenvalue weighted by Gasteiger charge is -2.10. The molecule has 0 bridgehead atoms. The van der Waals surface area contributed by atoms with E-state index >= 15 is 0 Å². The molecule has 0 amide bonds. The van der Waals surface area contributed by atoms with Crippen molar-refractivity contribution in [3.8, 4) is 0 Å². The van der Waals surface area contributed by atoms with Crippen molar-refractivity contribution in [3.63, 3.8) is 0 Å². The molecule has 32 heavy (non-hydrogen) atoms. The van der Waals surface area contributed by atoms with E-state index in [4.69, 9.17) is 23.2 Å². The summed E-state index contributed by atoms with van der Waals surface area (Å²) in [7, 11) is 0. The van der Waals surface area contributed by atoms with Crippen molar-refractivity contribution in [1.82, 2.24) is 29.9 Å². The lowest BCUT2D eigenvalue weighted by atomic mass is 10.3. The van der Waals surface area contributed by atoms with Crippen LogP contribution in [0.1, 0.15) is 0 Å². The van der Waals surface area contributed by atoms with E-state index in [1.165, 1.54) is 0 Å². The number of benzene rings is 2. The van der Waals surface area contributed by atoms with Gasteiger partial charge in [0, 0.05) is 24.5 Å². The summed E-state index contributed by atoms with van der Waals surface area (Å²) in [6.45, 7) is 0.936. The smallest absolute Gasteiger partial charge is 0.233 e. The minimum absolute atomic E-state index is 0.0785. The maximum absolute atomic E-state index is 6.02. The Balaban J connectivity index is 1.32. The molecule has 0 fully saturated rings. The van der Waals surface area contributed by atoms with Gasteiger partial charge in [0.1, 0.15) is 0 Å². The second-order valence-electron chi connectivity index (χ2n) is 6.34. The van der Waals surface area contributed by atoms with E-state index in [0.29, 0.717) is 36.9 Å². The molecule has 0 unspecified atom stereocenters. The van der Waals surface area contributed by atoms with Gasteiger partial charge < -0.3 is 21.3 Å². The number of nitrogens with one attached hydrogen (secondary N) is 4. The van der Waals surface area contributed by atoms with Crippen molar-refractivity contribution in [2.45, 2.75) is 0 Å². The molecule has 162 valence electrons. The summed E-state index contributed by atoms with van der Waals surface area (Å²) in [6.07, 6.45) is 0. The lowest BCUT2D eigenvalue weighted by Crippen LogP contribution is -2.17. The monoisotopic (exact) mass is 468 g/mol. The molecule has 4 N–H and O–H groups in total. The lowest BCUT2D eigenvalue weighted by molar-refractivity contribution is 0.967. The van der Waals surface area contributed by atoms with Crippen LogP contribution in [0, 0.1) is 0 Å². The van der Waals surface area contributed by atoms with Gasteiger partial charge in [-0.1, -0.05) is 36.4 Å². The second-order valence-corrected chi connectivity index (χ2v) is 7.02. The molecular weight excluding hydrogens is 451 g/mol. The zero-order chi connectivity index (χ0) is 22.2. The molecule has 0 aliphatic heterocycles. The largest absolute Gasteiger partial charge is 0.352 e. The fourth-order valence-electron chi connectivity index (χ4n) is 2.62. The Morgan fingerprint density at radius 1 is 0.500 bits per heavy atom. The number of halogens is 2. The van der Waals surface area contributed by atoms with Gasteiger partial charge in [-0.15, -0.1) is 0 Å². The summed E-state index contributed by atoms with van der Waals surface area (Å²) < 4.78 is 0. The van der Waals surface area contributed by atoms with Crippen LogP contribution in [0.4, 0.5) is 35.2 Å². The summed E-state index contributed by atoms with van der Waals surface area (Å²) in [5.41, 5.74) is 1.68. The highest BCUT2D eigenvalue weighted by Gasteiger charge is 2.07. The van der Waals surface area contributed by atoms with E-state index in [9.17, 15) is 0 Å². The van der Waals surface area contributed by atoms with E-state index in [-0.39, 0.29) is 10.6 Å². The van der Waals surface area contributed by atoms with E-state index in [0.717, 1.165) is 11.4 Å². The van der Waals surface area contributed by atoms with Gasteiger partial charge in [-0.2, -0.15) is 29.9 Å². The summed E-state index contributed by atoms with van der Waals surface area (Å²) in [4.78, 5) is 25.0. The molecule has 2 aromatic heterocycles. The van der Waals surface area contributed by atoms with Crippen molar-refractivity contribution >= 4 is 58.4 Å². The van der Waals surface area contributed by atoms with Gasteiger partial charge in [-0.25, -0.2) is 0 Å². The third-order valence-electron chi connectivity index (χ3n) is 3.97. The number of anilines is 6. The Morgan fingerprint density at radius 3 is 1.28 bits per heavy atom. The van der Waals surface area contributed by atoms with Crippen LogP contribution in [0.5, 0.6) is 0 Å². The molecule has 4 aromatic rings. The Labute approximate surface area is 193 Å². The van der Waals surface area contributed by atoms with Crippen molar-refractivity contribution in [3.05, 3.63) is 71.2 Å². The first kappa shape index (κ1) is 21.5. The van der Waals surface area contributed by atoms with E-state index < -0.39 is 0 Å². The molecule has 2 aromatic carbocycles. The van der Waals surface area contributed by atoms with Gasteiger partial charge in [0.05, 0.1) is 0 Å². The minimum Gasteiger partial charge on any atom is -0.352 e. The van der Waals surface area contributed by atoms with Crippen molar-refractivity contribution < 1.29 is 0 Å². The SMILES string of the molecule is Clc1nc(NCCNc2nc(Cl)nc(Nc3ccccc3)n2)nc(Nc2ccccc2)n1. The van der Waals surface area contributed by atoms with E-state index in [1.807, 2.05) is 60.7 Å². The van der Waals surface area contributed by atoms with Crippen LogP contribution in [0.2, 0.25) is 10.6 Å².